The lowest BCUT2D eigenvalue weighted by molar-refractivity contribution is -0.150. The molecule has 1 aliphatic carbocycles. The molecule has 0 heterocycles. The first-order chi connectivity index (χ1) is 9.71. The van der Waals surface area contributed by atoms with E-state index in [-0.39, 0.29) is 17.7 Å². The zero-order chi connectivity index (χ0) is 16.1. The van der Waals surface area contributed by atoms with Crippen molar-refractivity contribution in [3.8, 4) is 0 Å². The Morgan fingerprint density at radius 2 is 2.14 bits per heavy atom. The van der Waals surface area contributed by atoms with Crippen molar-refractivity contribution < 1.29 is 19.4 Å². The van der Waals surface area contributed by atoms with Gasteiger partial charge in [0, 0.05) is 26.2 Å². The highest BCUT2D eigenvalue weighted by atomic mass is 16.5. The van der Waals surface area contributed by atoms with Gasteiger partial charge in [-0.15, -0.1) is 0 Å². The van der Waals surface area contributed by atoms with Gasteiger partial charge in [-0.25, -0.2) is 0 Å². The van der Waals surface area contributed by atoms with Gasteiger partial charge in [0.1, 0.15) is 5.54 Å². The van der Waals surface area contributed by atoms with E-state index in [2.05, 4.69) is 5.32 Å². The van der Waals surface area contributed by atoms with Crippen molar-refractivity contribution in [3.63, 3.8) is 0 Å². The number of rotatable bonds is 8. The van der Waals surface area contributed by atoms with E-state index in [1.807, 2.05) is 27.7 Å². The van der Waals surface area contributed by atoms with Crippen LogP contribution in [0.1, 0.15) is 59.8 Å². The summed E-state index contributed by atoms with van der Waals surface area (Å²) in [6.45, 7) is 8.62. The molecular formula is C16H31NO4. The van der Waals surface area contributed by atoms with E-state index in [1.54, 1.807) is 7.11 Å². The van der Waals surface area contributed by atoms with E-state index >= 15 is 0 Å². The van der Waals surface area contributed by atoms with Gasteiger partial charge in [-0.05, 0) is 53.4 Å². The number of nitrogens with one attached hydrogen (secondary N) is 1. The van der Waals surface area contributed by atoms with E-state index in [4.69, 9.17) is 9.47 Å². The van der Waals surface area contributed by atoms with E-state index in [0.717, 1.165) is 19.3 Å². The van der Waals surface area contributed by atoms with Crippen LogP contribution in [-0.2, 0) is 14.3 Å². The topological polar surface area (TPSA) is 67.8 Å². The third kappa shape index (κ3) is 5.57. The first-order valence-corrected chi connectivity index (χ1v) is 7.89. The second-order valence-corrected chi connectivity index (χ2v) is 6.99. The summed E-state index contributed by atoms with van der Waals surface area (Å²) in [5.74, 6) is -0.762. The maximum absolute atomic E-state index is 11.7. The molecule has 0 radical (unpaired) electrons. The maximum atomic E-state index is 11.7. The molecule has 0 aliphatic heterocycles. The highest BCUT2D eigenvalue weighted by Crippen LogP contribution is 2.31. The predicted molar refractivity (Wildman–Crippen MR) is 82.6 cm³/mol. The monoisotopic (exact) mass is 301 g/mol. The number of carbonyl (C=O) groups is 1. The van der Waals surface area contributed by atoms with Crippen LogP contribution in [0.15, 0.2) is 0 Å². The van der Waals surface area contributed by atoms with Crippen LogP contribution in [-0.4, -0.2) is 48.1 Å². The van der Waals surface area contributed by atoms with E-state index < -0.39 is 11.5 Å². The van der Waals surface area contributed by atoms with Gasteiger partial charge in [0.2, 0.25) is 0 Å². The molecule has 0 saturated heterocycles. The Morgan fingerprint density at radius 3 is 2.67 bits per heavy atom. The highest BCUT2D eigenvalue weighted by molar-refractivity contribution is 5.79. The summed E-state index contributed by atoms with van der Waals surface area (Å²) in [7, 11) is 1.70. The van der Waals surface area contributed by atoms with Crippen LogP contribution < -0.4 is 5.32 Å². The molecule has 1 aliphatic rings. The molecular weight excluding hydrogens is 270 g/mol. The van der Waals surface area contributed by atoms with Crippen LogP contribution in [0.25, 0.3) is 0 Å². The van der Waals surface area contributed by atoms with Gasteiger partial charge >= 0.3 is 5.97 Å². The average Bonchev–Trinajstić information content (AvgIpc) is 2.38. The molecule has 0 aromatic heterocycles. The molecule has 0 bridgehead atoms. The fourth-order valence-electron chi connectivity index (χ4n) is 2.88. The molecule has 2 unspecified atom stereocenters. The van der Waals surface area contributed by atoms with Crippen molar-refractivity contribution in [1.29, 1.82) is 0 Å². The normalized spacial score (nSPS) is 27.0. The summed E-state index contributed by atoms with van der Waals surface area (Å²) >= 11 is 0. The molecule has 21 heavy (non-hydrogen) atoms. The molecule has 2 atom stereocenters. The third-order valence-electron chi connectivity index (χ3n) is 4.29. The van der Waals surface area contributed by atoms with Gasteiger partial charge < -0.3 is 14.6 Å². The van der Waals surface area contributed by atoms with Crippen LogP contribution in [0.2, 0.25) is 0 Å². The molecule has 5 nitrogen and oxygen atoms in total. The summed E-state index contributed by atoms with van der Waals surface area (Å²) in [4.78, 5) is 11.7. The molecule has 5 heteroatoms. The molecule has 0 aromatic rings. The van der Waals surface area contributed by atoms with Gasteiger partial charge in [0.15, 0.2) is 0 Å². The Morgan fingerprint density at radius 1 is 1.48 bits per heavy atom. The number of hydrogen-bond donors (Lipinski definition) is 2. The number of carboxylic acids is 1. The lowest BCUT2D eigenvalue weighted by Gasteiger charge is -2.39. The first-order valence-electron chi connectivity index (χ1n) is 7.89. The molecule has 0 amide bonds. The van der Waals surface area contributed by atoms with Gasteiger partial charge in [-0.2, -0.15) is 0 Å². The average molecular weight is 301 g/mol. The number of carboxylic acid groups (broad SMARTS) is 1. The van der Waals surface area contributed by atoms with Crippen molar-refractivity contribution in [2.45, 2.75) is 83.1 Å². The molecule has 1 rings (SSSR count). The quantitative estimate of drug-likeness (QED) is 0.721. The van der Waals surface area contributed by atoms with Crippen molar-refractivity contribution in [2.24, 2.45) is 0 Å². The smallest absolute Gasteiger partial charge is 0.324 e. The number of ether oxygens (including phenoxy) is 2. The zero-order valence-electron chi connectivity index (χ0n) is 14.1. The minimum Gasteiger partial charge on any atom is -0.480 e. The number of methoxy groups -OCH3 is 1. The third-order valence-corrected chi connectivity index (χ3v) is 4.29. The Bertz CT molecular complexity index is 343. The molecule has 1 fully saturated rings. The summed E-state index contributed by atoms with van der Waals surface area (Å²) in [5.41, 5.74) is -1.04. The SMILES string of the molecule is COC(C)(C)CCOC1CCCC(NC(C)C)(C(=O)O)C1. The lowest BCUT2D eigenvalue weighted by Crippen LogP contribution is -2.58. The van der Waals surface area contributed by atoms with E-state index in [1.165, 1.54) is 0 Å². The maximum Gasteiger partial charge on any atom is 0.324 e. The van der Waals surface area contributed by atoms with Crippen LogP contribution in [0.5, 0.6) is 0 Å². The van der Waals surface area contributed by atoms with Gasteiger partial charge in [0.25, 0.3) is 0 Å². The summed E-state index contributed by atoms with van der Waals surface area (Å²) in [6, 6.07) is 0.146. The van der Waals surface area contributed by atoms with Crippen LogP contribution in [0, 0.1) is 0 Å². The van der Waals surface area contributed by atoms with E-state index in [9.17, 15) is 9.90 Å². The number of hydrogen-bond acceptors (Lipinski definition) is 4. The summed E-state index contributed by atoms with van der Waals surface area (Å²) < 4.78 is 11.3. The van der Waals surface area contributed by atoms with Crippen LogP contribution in [0.3, 0.4) is 0 Å². The predicted octanol–water partition coefficient (Wildman–Crippen LogP) is 2.58. The van der Waals surface area contributed by atoms with Crippen LogP contribution in [0.4, 0.5) is 0 Å². The van der Waals surface area contributed by atoms with Gasteiger partial charge in [-0.1, -0.05) is 0 Å². The summed E-state index contributed by atoms with van der Waals surface area (Å²) in [5, 5.41) is 12.8. The fraction of sp³-hybridized carbons (Fsp3) is 0.938. The molecule has 0 spiro atoms. The second-order valence-electron chi connectivity index (χ2n) is 6.99. The Kier molecular flexibility index (Phi) is 6.63. The van der Waals surface area contributed by atoms with Crippen molar-refractivity contribution in [3.05, 3.63) is 0 Å². The fourth-order valence-corrected chi connectivity index (χ4v) is 2.88. The molecule has 0 aromatic carbocycles. The number of aliphatic carboxylic acids is 1. The lowest BCUT2D eigenvalue weighted by atomic mass is 9.79. The molecule has 124 valence electrons. The molecule has 1 saturated carbocycles. The van der Waals surface area contributed by atoms with Crippen LogP contribution >= 0.6 is 0 Å². The zero-order valence-corrected chi connectivity index (χ0v) is 14.1. The van der Waals surface area contributed by atoms with E-state index in [0.29, 0.717) is 19.4 Å². The second kappa shape index (κ2) is 7.56. The Hall–Kier alpha value is -0.650. The Balaban J connectivity index is 2.56. The first kappa shape index (κ1) is 18.4. The minimum absolute atomic E-state index is 0.00811. The van der Waals surface area contributed by atoms with Crippen molar-refractivity contribution >= 4 is 5.97 Å². The largest absolute Gasteiger partial charge is 0.480 e. The summed E-state index contributed by atoms with van der Waals surface area (Å²) in [6.07, 6.45) is 3.83. The standard InChI is InChI=1S/C16H31NO4/c1-12(2)17-16(14(18)19)8-6-7-13(11-16)21-10-9-15(3,4)20-5/h12-13,17H,6-11H2,1-5H3,(H,18,19). The van der Waals surface area contributed by atoms with Gasteiger partial charge in [-0.3, -0.25) is 10.1 Å². The molecule has 2 N–H and O–H groups in total. The minimum atomic E-state index is -0.839. The highest BCUT2D eigenvalue weighted by Gasteiger charge is 2.43. The Labute approximate surface area is 128 Å². The van der Waals surface area contributed by atoms with Crippen molar-refractivity contribution in [1.82, 2.24) is 5.32 Å². The van der Waals surface area contributed by atoms with Crippen molar-refractivity contribution in [2.75, 3.05) is 13.7 Å². The van der Waals surface area contributed by atoms with Gasteiger partial charge in [0.05, 0.1) is 11.7 Å².